The molecule has 3 aliphatic heterocycles. The zero-order valence-corrected chi connectivity index (χ0v) is 22.0. The van der Waals surface area contributed by atoms with E-state index in [1.165, 1.54) is 0 Å². The number of ether oxygens (including phenoxy) is 1. The van der Waals surface area contributed by atoms with E-state index in [1.54, 1.807) is 37.1 Å². The number of likely N-dealkylation sites (N-methyl/N-ethyl adjacent to an activating group) is 1. The van der Waals surface area contributed by atoms with Crippen LogP contribution in [0.25, 0.3) is 0 Å². The zero-order valence-electron chi connectivity index (χ0n) is 22.0. The second-order valence-corrected chi connectivity index (χ2v) is 10.3. The number of amides is 4. The van der Waals surface area contributed by atoms with E-state index >= 15 is 0 Å². The molecule has 3 heterocycles. The Morgan fingerprint density at radius 3 is 2.58 bits per heavy atom. The van der Waals surface area contributed by atoms with E-state index in [0.29, 0.717) is 24.9 Å². The van der Waals surface area contributed by atoms with Crippen molar-refractivity contribution in [3.05, 3.63) is 29.8 Å². The SMILES string of the molecule is CN[C@@H](C)C(=O)NC1CCCC[C@H]2CCC(C(=O)NCc3cccc(NC(=O)[C@H]4CCC(=O)O4)c3)N2C1=O. The second kappa shape index (κ2) is 12.4. The number of anilines is 1. The molecular weight excluding hydrogens is 490 g/mol. The smallest absolute Gasteiger partial charge is 0.306 e. The van der Waals surface area contributed by atoms with Crippen molar-refractivity contribution in [3.63, 3.8) is 0 Å². The summed E-state index contributed by atoms with van der Waals surface area (Å²) in [5.41, 5.74) is 1.32. The Kier molecular flexibility index (Phi) is 8.98. The van der Waals surface area contributed by atoms with Gasteiger partial charge in [-0.3, -0.25) is 24.0 Å². The molecule has 0 saturated carbocycles. The van der Waals surface area contributed by atoms with Crippen LogP contribution in [-0.4, -0.2) is 71.8 Å². The fourth-order valence-corrected chi connectivity index (χ4v) is 5.35. The van der Waals surface area contributed by atoms with Crippen LogP contribution < -0.4 is 21.3 Å². The summed E-state index contributed by atoms with van der Waals surface area (Å²) in [7, 11) is 1.69. The highest BCUT2D eigenvalue weighted by Gasteiger charge is 2.43. The molecule has 2 unspecified atom stereocenters. The minimum Gasteiger partial charge on any atom is -0.452 e. The van der Waals surface area contributed by atoms with Crippen LogP contribution in [0, 0.1) is 0 Å². The van der Waals surface area contributed by atoms with E-state index in [0.717, 1.165) is 31.2 Å². The highest BCUT2D eigenvalue weighted by atomic mass is 16.6. The minimum absolute atomic E-state index is 0.0112. The van der Waals surface area contributed by atoms with E-state index in [9.17, 15) is 24.0 Å². The van der Waals surface area contributed by atoms with Crippen molar-refractivity contribution >= 4 is 35.3 Å². The highest BCUT2D eigenvalue weighted by Crippen LogP contribution is 2.31. The predicted molar refractivity (Wildman–Crippen MR) is 139 cm³/mol. The van der Waals surface area contributed by atoms with Crippen molar-refractivity contribution < 1.29 is 28.7 Å². The van der Waals surface area contributed by atoms with Crippen LogP contribution in [0.5, 0.6) is 0 Å². The molecule has 38 heavy (non-hydrogen) atoms. The van der Waals surface area contributed by atoms with Gasteiger partial charge in [0.05, 0.1) is 6.04 Å². The topological polar surface area (TPSA) is 146 Å². The molecule has 4 N–H and O–H groups in total. The van der Waals surface area contributed by atoms with Crippen molar-refractivity contribution in [2.45, 2.75) is 95.1 Å². The lowest BCUT2D eigenvalue weighted by molar-refractivity contribution is -0.146. The molecule has 1 aromatic carbocycles. The Balaban J connectivity index is 1.37. The monoisotopic (exact) mass is 527 g/mol. The summed E-state index contributed by atoms with van der Waals surface area (Å²) >= 11 is 0. The molecule has 0 radical (unpaired) electrons. The molecule has 0 spiro atoms. The number of esters is 1. The normalized spacial score (nSPS) is 26.0. The summed E-state index contributed by atoms with van der Waals surface area (Å²) in [6.45, 7) is 1.96. The van der Waals surface area contributed by atoms with Crippen LogP contribution in [0.15, 0.2) is 24.3 Å². The molecule has 3 fully saturated rings. The molecule has 4 rings (SSSR count). The molecule has 4 amide bonds. The third-order valence-electron chi connectivity index (χ3n) is 7.62. The fourth-order valence-electron chi connectivity index (χ4n) is 5.35. The summed E-state index contributed by atoms with van der Waals surface area (Å²) in [6.07, 6.45) is 4.32. The average Bonchev–Trinajstić information content (AvgIpc) is 3.53. The molecule has 11 nitrogen and oxygen atoms in total. The van der Waals surface area contributed by atoms with E-state index in [4.69, 9.17) is 4.74 Å². The van der Waals surface area contributed by atoms with Gasteiger partial charge in [-0.2, -0.15) is 0 Å². The van der Waals surface area contributed by atoms with Crippen molar-refractivity contribution in [1.29, 1.82) is 0 Å². The fraction of sp³-hybridized carbons (Fsp3) is 0.593. The van der Waals surface area contributed by atoms with Crippen molar-refractivity contribution in [2.24, 2.45) is 0 Å². The number of benzene rings is 1. The lowest BCUT2D eigenvalue weighted by Gasteiger charge is -2.35. The van der Waals surface area contributed by atoms with Gasteiger partial charge in [-0.1, -0.05) is 25.0 Å². The van der Waals surface area contributed by atoms with Crippen LogP contribution in [0.2, 0.25) is 0 Å². The van der Waals surface area contributed by atoms with Gasteiger partial charge < -0.3 is 30.9 Å². The number of nitrogens with one attached hydrogen (secondary N) is 4. The second-order valence-electron chi connectivity index (χ2n) is 10.3. The number of cyclic esters (lactones) is 1. The molecule has 0 aliphatic carbocycles. The van der Waals surface area contributed by atoms with Crippen LogP contribution in [0.4, 0.5) is 5.69 Å². The number of carbonyl (C=O) groups is 5. The molecule has 206 valence electrons. The molecule has 3 saturated heterocycles. The maximum absolute atomic E-state index is 13.5. The van der Waals surface area contributed by atoms with Crippen LogP contribution >= 0.6 is 0 Å². The number of rotatable bonds is 8. The maximum atomic E-state index is 13.5. The van der Waals surface area contributed by atoms with Crippen LogP contribution in [0.3, 0.4) is 0 Å². The molecule has 1 aromatic rings. The van der Waals surface area contributed by atoms with E-state index in [-0.39, 0.29) is 48.6 Å². The van der Waals surface area contributed by atoms with Gasteiger partial charge in [0.25, 0.3) is 5.91 Å². The number of nitrogens with zero attached hydrogens (tertiary/aromatic N) is 1. The molecular formula is C27H37N5O6. The first-order valence-corrected chi connectivity index (χ1v) is 13.4. The van der Waals surface area contributed by atoms with E-state index < -0.39 is 24.2 Å². The molecule has 0 bridgehead atoms. The van der Waals surface area contributed by atoms with Gasteiger partial charge in [0.1, 0.15) is 12.1 Å². The third-order valence-corrected chi connectivity index (χ3v) is 7.62. The lowest BCUT2D eigenvalue weighted by Crippen LogP contribution is -2.57. The average molecular weight is 528 g/mol. The standard InChI is InChI=1S/C27H37N5O6/c1-16(28-2)24(34)31-20-9-4-3-8-19-10-11-21(32(19)27(20)37)25(35)29-15-17-6-5-7-18(14-17)30-26(36)22-12-13-23(33)38-22/h5-7,14,16,19-22,28H,3-4,8-13,15H2,1-2H3,(H,29,35)(H,30,36)(H,31,34)/t16-,19-,20?,21?,22+/m0/s1. The zero-order chi connectivity index (χ0) is 27.2. The van der Waals surface area contributed by atoms with Gasteiger partial charge >= 0.3 is 5.97 Å². The van der Waals surface area contributed by atoms with Crippen molar-refractivity contribution in [3.8, 4) is 0 Å². The first-order valence-electron chi connectivity index (χ1n) is 13.4. The van der Waals surface area contributed by atoms with E-state index in [1.807, 2.05) is 6.07 Å². The van der Waals surface area contributed by atoms with Crippen molar-refractivity contribution in [2.75, 3.05) is 12.4 Å². The highest BCUT2D eigenvalue weighted by molar-refractivity contribution is 5.97. The number of fused-ring (bicyclic) bond motifs is 1. The first kappa shape index (κ1) is 27.6. The van der Waals surface area contributed by atoms with Gasteiger partial charge in [-0.05, 0) is 57.4 Å². The maximum Gasteiger partial charge on any atom is 0.306 e. The van der Waals surface area contributed by atoms with Gasteiger partial charge in [0.2, 0.25) is 17.7 Å². The minimum atomic E-state index is -0.786. The number of carbonyl (C=O) groups excluding carboxylic acids is 5. The molecule has 5 atom stereocenters. The Labute approximate surface area is 222 Å². The summed E-state index contributed by atoms with van der Waals surface area (Å²) < 4.78 is 5.01. The van der Waals surface area contributed by atoms with Crippen LogP contribution in [0.1, 0.15) is 63.9 Å². The van der Waals surface area contributed by atoms with Crippen LogP contribution in [-0.2, 0) is 35.3 Å². The third kappa shape index (κ3) is 6.50. The first-order chi connectivity index (χ1) is 18.3. The predicted octanol–water partition coefficient (Wildman–Crippen LogP) is 0.973. The molecule has 11 heteroatoms. The number of hydrogen-bond donors (Lipinski definition) is 4. The largest absolute Gasteiger partial charge is 0.452 e. The quantitative estimate of drug-likeness (QED) is 0.369. The summed E-state index contributed by atoms with van der Waals surface area (Å²) in [4.78, 5) is 64.6. The Morgan fingerprint density at radius 1 is 1.05 bits per heavy atom. The molecule has 0 aromatic heterocycles. The summed E-state index contributed by atoms with van der Waals surface area (Å²) in [6, 6.07) is 5.41. The molecule has 3 aliphatic rings. The van der Waals surface area contributed by atoms with Gasteiger partial charge in [-0.15, -0.1) is 0 Å². The van der Waals surface area contributed by atoms with Crippen molar-refractivity contribution in [1.82, 2.24) is 20.9 Å². The number of hydrogen-bond acceptors (Lipinski definition) is 7. The lowest BCUT2D eigenvalue weighted by atomic mass is 9.98. The van der Waals surface area contributed by atoms with Gasteiger partial charge in [0, 0.05) is 31.1 Å². The summed E-state index contributed by atoms with van der Waals surface area (Å²) in [5, 5.41) is 11.5. The van der Waals surface area contributed by atoms with Gasteiger partial charge in [-0.25, -0.2) is 0 Å². The Hall–Kier alpha value is -3.47. The Morgan fingerprint density at radius 2 is 1.84 bits per heavy atom. The summed E-state index contributed by atoms with van der Waals surface area (Å²) in [5.74, 6) is -1.42. The van der Waals surface area contributed by atoms with E-state index in [2.05, 4.69) is 21.3 Å². The Bertz CT molecular complexity index is 1080. The van der Waals surface area contributed by atoms with Gasteiger partial charge in [0.15, 0.2) is 6.10 Å².